The summed E-state index contributed by atoms with van der Waals surface area (Å²) in [6, 6.07) is 18.7. The van der Waals surface area contributed by atoms with Crippen molar-refractivity contribution >= 4 is 28.5 Å². The van der Waals surface area contributed by atoms with E-state index in [1.165, 1.54) is 5.56 Å². The number of carbonyl (C=O) groups excluding carboxylic acids is 1. The first-order valence-corrected chi connectivity index (χ1v) is 13.7. The first-order chi connectivity index (χ1) is 18.7. The fourth-order valence-electron chi connectivity index (χ4n) is 5.29. The average Bonchev–Trinajstić information content (AvgIpc) is 3.17. The van der Waals surface area contributed by atoms with Gasteiger partial charge in [0, 0.05) is 56.2 Å². The first-order valence-electron chi connectivity index (χ1n) is 13.7. The maximum Gasteiger partial charge on any atom is 0.208 e. The van der Waals surface area contributed by atoms with E-state index in [2.05, 4.69) is 72.5 Å². The van der Waals surface area contributed by atoms with Crippen molar-refractivity contribution in [3.63, 3.8) is 0 Å². The highest BCUT2D eigenvalue weighted by atomic mass is 16.5. The average molecular weight is 527 g/mol. The lowest BCUT2D eigenvalue weighted by atomic mass is 10.0. The van der Waals surface area contributed by atoms with Gasteiger partial charge >= 0.3 is 0 Å². The van der Waals surface area contributed by atoms with Crippen molar-refractivity contribution in [2.75, 3.05) is 25.0 Å². The number of anilines is 2. The molecular weight excluding hydrogens is 488 g/mol. The van der Waals surface area contributed by atoms with Gasteiger partial charge in [0.05, 0.1) is 29.7 Å². The number of fused-ring (bicyclic) bond motifs is 1. The number of pyridine rings is 1. The van der Waals surface area contributed by atoms with Crippen LogP contribution in [0.4, 0.5) is 11.6 Å². The van der Waals surface area contributed by atoms with Gasteiger partial charge in [-0.15, -0.1) is 0 Å². The Hall–Kier alpha value is -3.75. The predicted octanol–water partition coefficient (Wildman–Crippen LogP) is 5.42. The van der Waals surface area contributed by atoms with Gasteiger partial charge in [-0.1, -0.05) is 26.0 Å². The van der Waals surface area contributed by atoms with Crippen molar-refractivity contribution in [2.24, 2.45) is 7.05 Å². The zero-order chi connectivity index (χ0) is 27.5. The maximum absolute atomic E-state index is 12.8. The Labute approximate surface area is 230 Å². The van der Waals surface area contributed by atoms with Crippen molar-refractivity contribution < 1.29 is 9.53 Å². The number of aromatic nitrogens is 3. The fraction of sp³-hybridized carbons (Fsp3) is 0.387. The zero-order valence-electron chi connectivity index (χ0n) is 23.4. The molecule has 2 atom stereocenters. The van der Waals surface area contributed by atoms with Gasteiger partial charge in [-0.25, -0.2) is 4.98 Å². The third-order valence-electron chi connectivity index (χ3n) is 7.10. The minimum atomic E-state index is 0.162. The third kappa shape index (κ3) is 6.64. The molecule has 2 aromatic heterocycles. The van der Waals surface area contributed by atoms with Crippen LogP contribution in [0.15, 0.2) is 60.8 Å². The maximum atomic E-state index is 12.8. The molecule has 0 amide bonds. The number of rotatable bonds is 9. The lowest BCUT2D eigenvalue weighted by molar-refractivity contribution is -0.120. The van der Waals surface area contributed by atoms with Gasteiger partial charge in [0.25, 0.3) is 0 Å². The van der Waals surface area contributed by atoms with E-state index in [0.717, 1.165) is 35.8 Å². The number of piperazine rings is 1. The molecule has 5 rings (SSSR count). The molecule has 2 N–H and O–H groups in total. The van der Waals surface area contributed by atoms with Gasteiger partial charge in [-0.2, -0.15) is 0 Å². The van der Waals surface area contributed by atoms with Crippen molar-refractivity contribution in [3.8, 4) is 11.5 Å². The number of carbonyl (C=O) groups is 1. The van der Waals surface area contributed by atoms with Gasteiger partial charge in [0.2, 0.25) is 5.95 Å². The van der Waals surface area contributed by atoms with Crippen LogP contribution in [0.3, 0.4) is 0 Å². The van der Waals surface area contributed by atoms with Crippen LogP contribution >= 0.6 is 0 Å². The molecule has 8 nitrogen and oxygen atoms in total. The number of benzene rings is 2. The van der Waals surface area contributed by atoms with Crippen LogP contribution in [-0.2, 0) is 18.3 Å². The number of hydrogen-bond acceptors (Lipinski definition) is 7. The van der Waals surface area contributed by atoms with Crippen LogP contribution in [0, 0.1) is 0 Å². The largest absolute Gasteiger partial charge is 0.457 e. The molecule has 3 heterocycles. The number of ketones is 1. The van der Waals surface area contributed by atoms with Gasteiger partial charge < -0.3 is 19.9 Å². The zero-order valence-corrected chi connectivity index (χ0v) is 23.4. The molecule has 1 saturated heterocycles. The highest BCUT2D eigenvalue weighted by Crippen LogP contribution is 2.29. The Kier molecular flexibility index (Phi) is 7.95. The van der Waals surface area contributed by atoms with Gasteiger partial charge in [0.15, 0.2) is 5.78 Å². The molecule has 1 aliphatic rings. The number of Topliss-reactive ketones (excluding diaryl/α,β-unsaturated/α-hetero) is 1. The molecule has 0 spiro atoms. The summed E-state index contributed by atoms with van der Waals surface area (Å²) in [5.74, 6) is 2.71. The van der Waals surface area contributed by atoms with Gasteiger partial charge in [0.1, 0.15) is 11.5 Å². The predicted molar refractivity (Wildman–Crippen MR) is 156 cm³/mol. The molecule has 0 unspecified atom stereocenters. The highest BCUT2D eigenvalue weighted by Gasteiger charge is 2.22. The van der Waals surface area contributed by atoms with E-state index in [1.54, 1.807) is 6.20 Å². The molecular formula is C31H38N6O2. The summed E-state index contributed by atoms with van der Waals surface area (Å²) in [6.07, 6.45) is 1.98. The summed E-state index contributed by atoms with van der Waals surface area (Å²) < 4.78 is 8.20. The van der Waals surface area contributed by atoms with E-state index in [-0.39, 0.29) is 12.2 Å². The summed E-state index contributed by atoms with van der Waals surface area (Å²) >= 11 is 0. The summed E-state index contributed by atoms with van der Waals surface area (Å²) in [5, 5.41) is 6.95. The second kappa shape index (κ2) is 11.6. The Morgan fingerprint density at radius 3 is 2.62 bits per heavy atom. The monoisotopic (exact) mass is 526 g/mol. The van der Waals surface area contributed by atoms with Crippen molar-refractivity contribution in [1.29, 1.82) is 0 Å². The summed E-state index contributed by atoms with van der Waals surface area (Å²) in [5.41, 5.74) is 4.84. The molecule has 0 saturated carbocycles. The molecule has 1 fully saturated rings. The summed E-state index contributed by atoms with van der Waals surface area (Å²) in [7, 11) is 2.00. The summed E-state index contributed by atoms with van der Waals surface area (Å²) in [4.78, 5) is 24.2. The lowest BCUT2D eigenvalue weighted by Crippen LogP contribution is -2.55. The number of hydrogen-bond donors (Lipinski definition) is 2. The van der Waals surface area contributed by atoms with Gasteiger partial charge in [-0.05, 0) is 55.7 Å². The van der Waals surface area contributed by atoms with E-state index in [0.29, 0.717) is 41.7 Å². The van der Waals surface area contributed by atoms with Gasteiger partial charge in [-0.3, -0.25) is 14.7 Å². The number of ether oxygens (including phenoxy) is 1. The lowest BCUT2D eigenvalue weighted by Gasteiger charge is -2.35. The molecule has 0 aliphatic carbocycles. The second-order valence-corrected chi connectivity index (χ2v) is 11.0. The Bertz CT molecular complexity index is 1450. The van der Waals surface area contributed by atoms with E-state index < -0.39 is 0 Å². The number of aryl methyl sites for hydroxylation is 1. The SMILES string of the molecule is CC(C)c1cccc(Nc2nc3cc(Oc4ccnc(CC(=O)CN5C[C@@H](C)N[C@@H](C)C5)c4)ccc3n2C)c1. The van der Waals surface area contributed by atoms with Crippen LogP contribution in [0.5, 0.6) is 11.5 Å². The Balaban J connectivity index is 1.25. The topological polar surface area (TPSA) is 84.3 Å². The quantitative estimate of drug-likeness (QED) is 0.301. The van der Waals surface area contributed by atoms with Crippen molar-refractivity contribution in [1.82, 2.24) is 24.8 Å². The molecule has 2 aromatic carbocycles. The normalized spacial score (nSPS) is 18.0. The Morgan fingerprint density at radius 2 is 1.85 bits per heavy atom. The van der Waals surface area contributed by atoms with Crippen molar-refractivity contribution in [2.45, 2.75) is 52.1 Å². The Morgan fingerprint density at radius 1 is 1.08 bits per heavy atom. The molecule has 39 heavy (non-hydrogen) atoms. The minimum absolute atomic E-state index is 0.162. The van der Waals surface area contributed by atoms with E-state index in [9.17, 15) is 4.79 Å². The van der Waals surface area contributed by atoms with Crippen LogP contribution in [0.25, 0.3) is 11.0 Å². The van der Waals surface area contributed by atoms with Crippen molar-refractivity contribution in [3.05, 3.63) is 72.1 Å². The molecule has 4 aromatic rings. The van der Waals surface area contributed by atoms with E-state index in [4.69, 9.17) is 9.72 Å². The van der Waals surface area contributed by atoms with E-state index in [1.807, 2.05) is 41.9 Å². The fourth-order valence-corrected chi connectivity index (χ4v) is 5.29. The second-order valence-electron chi connectivity index (χ2n) is 11.0. The molecule has 8 heteroatoms. The third-order valence-corrected chi connectivity index (χ3v) is 7.10. The number of imidazole rings is 1. The van der Waals surface area contributed by atoms with Crippen LogP contribution in [0.1, 0.15) is 44.9 Å². The molecule has 0 radical (unpaired) electrons. The highest BCUT2D eigenvalue weighted by molar-refractivity contribution is 5.83. The van der Waals surface area contributed by atoms with Crippen LogP contribution in [-0.4, -0.2) is 56.9 Å². The molecule has 0 bridgehead atoms. The minimum Gasteiger partial charge on any atom is -0.457 e. The van der Waals surface area contributed by atoms with Crippen LogP contribution < -0.4 is 15.4 Å². The van der Waals surface area contributed by atoms with E-state index >= 15 is 0 Å². The smallest absolute Gasteiger partial charge is 0.208 e. The number of nitrogens with one attached hydrogen (secondary N) is 2. The molecule has 1 aliphatic heterocycles. The van der Waals surface area contributed by atoms with Crippen LogP contribution in [0.2, 0.25) is 0 Å². The molecule has 204 valence electrons. The first kappa shape index (κ1) is 26.8. The standard InChI is InChI=1S/C31H38N6O2/c1-20(2)23-7-6-8-24(13-23)34-31-35-29-16-27(9-10-30(29)36(31)5)39-28-11-12-32-25(15-28)14-26(38)19-37-17-21(3)33-22(4)18-37/h6-13,15-16,20-22,33H,14,17-19H2,1-5H3,(H,34,35)/t21-,22+. The summed E-state index contributed by atoms with van der Waals surface area (Å²) in [6.45, 7) is 10.9. The number of nitrogens with zero attached hydrogens (tertiary/aromatic N) is 4.